The smallest absolute Gasteiger partial charge is 0.330 e. The molecule has 336 valence electrons. The van der Waals surface area contributed by atoms with Crippen LogP contribution < -0.4 is 20.1 Å². The Morgan fingerprint density at radius 1 is 0.871 bits per heavy atom. The lowest BCUT2D eigenvalue weighted by Crippen LogP contribution is -2.70. The Morgan fingerprint density at radius 3 is 2.10 bits per heavy atom. The molecule has 14 nitrogen and oxygen atoms in total. The normalized spacial score (nSPS) is 21.2. The highest BCUT2D eigenvalue weighted by Gasteiger charge is 2.62. The molecule has 4 fully saturated rings. The molecule has 1 heterocycles. The number of hydrogen-bond acceptors (Lipinski definition) is 9. The molecule has 3 amide bonds. The molecule has 7 rings (SSSR count). The molecule has 62 heavy (non-hydrogen) atoms. The number of rotatable bonds is 22. The zero-order valence-corrected chi connectivity index (χ0v) is 37.6. The minimum Gasteiger partial charge on any atom is -0.496 e. The Bertz CT molecular complexity index is 2060. The summed E-state index contributed by atoms with van der Waals surface area (Å²) in [6.07, 6.45) is 7.28. The van der Waals surface area contributed by atoms with E-state index in [2.05, 4.69) is 15.5 Å². The number of carbonyl (C=O) groups excluding carboxylic acids is 4. The van der Waals surface area contributed by atoms with Crippen LogP contribution >= 0.6 is 0 Å². The number of carboxylic acid groups (broad SMARTS) is 1. The van der Waals surface area contributed by atoms with Crippen LogP contribution in [0.1, 0.15) is 124 Å². The van der Waals surface area contributed by atoms with Gasteiger partial charge in [-0.2, -0.15) is 5.10 Å². The summed E-state index contributed by atoms with van der Waals surface area (Å²) in [6, 6.07) is 12.6. The van der Waals surface area contributed by atoms with Crippen molar-refractivity contribution in [2.24, 2.45) is 23.7 Å². The summed E-state index contributed by atoms with van der Waals surface area (Å²) in [6.45, 7) is 8.13. The topological polar surface area (TPSA) is 172 Å². The summed E-state index contributed by atoms with van der Waals surface area (Å²) < 4.78 is 13.3. The van der Waals surface area contributed by atoms with Crippen LogP contribution in [0.5, 0.6) is 11.5 Å². The average Bonchev–Trinajstić information content (AvgIpc) is 3.69. The van der Waals surface area contributed by atoms with Gasteiger partial charge in [0.15, 0.2) is 5.69 Å². The van der Waals surface area contributed by atoms with Gasteiger partial charge < -0.3 is 35.0 Å². The van der Waals surface area contributed by atoms with E-state index < -0.39 is 17.4 Å². The van der Waals surface area contributed by atoms with Crippen LogP contribution in [0.4, 0.5) is 0 Å². The Kier molecular flexibility index (Phi) is 15.1. The van der Waals surface area contributed by atoms with Gasteiger partial charge in [0.25, 0.3) is 11.8 Å². The quantitative estimate of drug-likeness (QED) is 0.0920. The number of aliphatic carboxylic acids is 1. The SMILES string of the molecule is CCCC(=O)CCC(=O)NCCCN(CCCN(C)C)C(=O)c1ccc(-n2nc(C(=O)NC3(C(=O)O)C4CC5CC(C4)CC3C5)cc2-c2c(OC)cccc2OC)c(C(C)C)c1. The van der Waals surface area contributed by atoms with Gasteiger partial charge in [0.1, 0.15) is 22.8 Å². The molecule has 0 aliphatic heterocycles. The molecule has 3 N–H and O–H groups in total. The van der Waals surface area contributed by atoms with E-state index in [9.17, 15) is 29.1 Å². The van der Waals surface area contributed by atoms with Crippen molar-refractivity contribution in [1.82, 2.24) is 30.2 Å². The fourth-order valence-electron chi connectivity index (χ4n) is 10.4. The summed E-state index contributed by atoms with van der Waals surface area (Å²) in [5.74, 6) is -0.126. The van der Waals surface area contributed by atoms with Gasteiger partial charge in [-0.25, -0.2) is 9.48 Å². The molecule has 0 radical (unpaired) electrons. The van der Waals surface area contributed by atoms with Crippen molar-refractivity contribution in [3.05, 3.63) is 59.3 Å². The van der Waals surface area contributed by atoms with Crippen LogP contribution in [0.15, 0.2) is 42.5 Å². The number of nitrogens with one attached hydrogen (secondary N) is 2. The van der Waals surface area contributed by atoms with Gasteiger partial charge in [-0.1, -0.05) is 26.8 Å². The third-order valence-corrected chi connectivity index (χ3v) is 13.3. The van der Waals surface area contributed by atoms with Gasteiger partial charge in [-0.15, -0.1) is 0 Å². The van der Waals surface area contributed by atoms with Crippen molar-refractivity contribution < 1.29 is 38.6 Å². The lowest BCUT2D eigenvalue weighted by Gasteiger charge is -2.59. The van der Waals surface area contributed by atoms with Crippen molar-refractivity contribution in [3.63, 3.8) is 0 Å². The van der Waals surface area contributed by atoms with Crippen molar-refractivity contribution in [2.75, 3.05) is 54.5 Å². The predicted octanol–water partition coefficient (Wildman–Crippen LogP) is 6.74. The third kappa shape index (κ3) is 10.0. The Morgan fingerprint density at radius 2 is 1.52 bits per heavy atom. The summed E-state index contributed by atoms with van der Waals surface area (Å²) in [5.41, 5.74) is 1.70. The van der Waals surface area contributed by atoms with Crippen LogP contribution in [-0.4, -0.2) is 114 Å². The fourth-order valence-corrected chi connectivity index (χ4v) is 10.4. The largest absolute Gasteiger partial charge is 0.496 e. The second-order valence-electron chi connectivity index (χ2n) is 18.2. The Labute approximate surface area is 366 Å². The number of nitrogens with zero attached hydrogens (tertiary/aromatic N) is 4. The number of carboxylic acids is 1. The first-order valence-electron chi connectivity index (χ1n) is 22.4. The number of aromatic nitrogens is 2. The van der Waals surface area contributed by atoms with E-state index in [0.717, 1.165) is 57.1 Å². The molecule has 3 aromatic rings. The number of amides is 3. The highest BCUT2D eigenvalue weighted by molar-refractivity contribution is 5.98. The van der Waals surface area contributed by atoms with E-state index in [-0.39, 0.29) is 53.9 Å². The maximum Gasteiger partial charge on any atom is 0.330 e. The van der Waals surface area contributed by atoms with Crippen LogP contribution in [0.25, 0.3) is 16.9 Å². The van der Waals surface area contributed by atoms with E-state index >= 15 is 0 Å². The summed E-state index contributed by atoms with van der Waals surface area (Å²) in [5, 5.41) is 21.7. The highest BCUT2D eigenvalue weighted by atomic mass is 16.5. The van der Waals surface area contributed by atoms with E-state index in [1.807, 2.05) is 58.0 Å². The Balaban J connectivity index is 1.32. The third-order valence-electron chi connectivity index (χ3n) is 13.3. The van der Waals surface area contributed by atoms with E-state index in [1.165, 1.54) is 0 Å². The predicted molar refractivity (Wildman–Crippen MR) is 237 cm³/mol. The van der Waals surface area contributed by atoms with Crippen molar-refractivity contribution in [2.45, 2.75) is 103 Å². The molecule has 4 aliphatic carbocycles. The molecule has 4 bridgehead atoms. The lowest BCUT2D eigenvalue weighted by atomic mass is 9.48. The van der Waals surface area contributed by atoms with Crippen molar-refractivity contribution in [3.8, 4) is 28.4 Å². The van der Waals surface area contributed by atoms with Crippen molar-refractivity contribution >= 4 is 29.5 Å². The maximum atomic E-state index is 14.5. The van der Waals surface area contributed by atoms with E-state index in [4.69, 9.17) is 14.6 Å². The molecule has 0 spiro atoms. The highest BCUT2D eigenvalue weighted by Crippen LogP contribution is 2.58. The molecular formula is C48H66N6O8. The summed E-state index contributed by atoms with van der Waals surface area (Å²) in [7, 11) is 7.11. The van der Waals surface area contributed by atoms with Crippen LogP contribution in [-0.2, 0) is 14.4 Å². The second-order valence-corrected chi connectivity index (χ2v) is 18.2. The van der Waals surface area contributed by atoms with Gasteiger partial charge in [-0.05, 0) is 144 Å². The number of carbonyl (C=O) groups is 5. The van der Waals surface area contributed by atoms with Gasteiger partial charge in [0, 0.05) is 44.5 Å². The summed E-state index contributed by atoms with van der Waals surface area (Å²) >= 11 is 0. The minimum absolute atomic E-state index is 0.0592. The molecule has 0 saturated heterocycles. The van der Waals surface area contributed by atoms with Gasteiger partial charge in [-0.3, -0.25) is 19.2 Å². The van der Waals surface area contributed by atoms with Crippen molar-refractivity contribution in [1.29, 1.82) is 0 Å². The summed E-state index contributed by atoms with van der Waals surface area (Å²) in [4.78, 5) is 70.3. The molecule has 1 aromatic heterocycles. The first-order valence-corrected chi connectivity index (χ1v) is 22.4. The second kappa shape index (κ2) is 20.3. The maximum absolute atomic E-state index is 14.5. The minimum atomic E-state index is -1.36. The van der Waals surface area contributed by atoms with Crippen LogP contribution in [0.2, 0.25) is 0 Å². The monoisotopic (exact) mass is 854 g/mol. The molecule has 14 heteroatoms. The van der Waals surface area contributed by atoms with Gasteiger partial charge in [0.2, 0.25) is 5.91 Å². The van der Waals surface area contributed by atoms with Gasteiger partial charge in [0.05, 0.1) is 31.2 Å². The number of ketones is 1. The number of Topliss-reactive ketones (excluding diaryl/α,β-unsaturated/α-hetero) is 1. The first kappa shape index (κ1) is 46.3. The fraction of sp³-hybridized carbons (Fsp3) is 0.583. The number of hydrogen-bond donors (Lipinski definition) is 3. The average molecular weight is 855 g/mol. The number of ether oxygens (including phenoxy) is 2. The number of benzene rings is 2. The number of methoxy groups -OCH3 is 2. The van der Waals surface area contributed by atoms with E-state index in [1.54, 1.807) is 43.2 Å². The first-order chi connectivity index (χ1) is 29.7. The molecule has 4 saturated carbocycles. The standard InChI is InChI=1S/C48H66N6O8/c1-8-12-36(55)16-18-43(56)49-19-10-21-53(22-11-20-52(4)5)46(58)33-15-17-39(37(28-33)30(2)3)54-40(44-41(61-6)13-9-14-42(44)62-7)29-38(51-54)45(57)50-48(47(59)60)34-24-31-23-32(26-34)27-35(48)25-31/h9,13-15,17,28-32,34-35H,8,10-12,16,18-27H2,1-7H3,(H,49,56)(H,50,57)(H,59,60). The zero-order valence-electron chi connectivity index (χ0n) is 37.6. The Hall–Kier alpha value is -5.24. The van der Waals surface area contributed by atoms with Crippen LogP contribution in [0, 0.1) is 23.7 Å². The van der Waals surface area contributed by atoms with Crippen LogP contribution in [0.3, 0.4) is 0 Å². The van der Waals surface area contributed by atoms with E-state index in [0.29, 0.717) is 78.3 Å². The molecular weight excluding hydrogens is 789 g/mol. The molecule has 0 unspecified atom stereocenters. The van der Waals surface area contributed by atoms with Gasteiger partial charge >= 0.3 is 5.97 Å². The molecule has 0 atom stereocenters. The molecule has 2 aromatic carbocycles. The lowest BCUT2D eigenvalue weighted by molar-refractivity contribution is -0.163. The molecule has 4 aliphatic rings. The zero-order chi connectivity index (χ0) is 44.7.